The predicted octanol–water partition coefficient (Wildman–Crippen LogP) is 10.2. The average Bonchev–Trinajstić information content (AvgIpc) is 3.46. The number of esters is 3. The molecule has 0 saturated carbocycles. The number of hydrogen-bond acceptors (Lipinski definition) is 24. The van der Waals surface area contributed by atoms with Gasteiger partial charge in [0.2, 0.25) is 17.2 Å². The number of carbonyl (C=O) groups is 3. The van der Waals surface area contributed by atoms with E-state index in [0.717, 1.165) is 74.4 Å². The van der Waals surface area contributed by atoms with E-state index in [1.165, 1.54) is 0 Å². The molecule has 0 atom stereocenters. The van der Waals surface area contributed by atoms with Crippen molar-refractivity contribution in [2.45, 2.75) is 20.8 Å². The van der Waals surface area contributed by atoms with Crippen molar-refractivity contribution in [2.75, 3.05) is 21.3 Å². The smallest absolute Gasteiger partial charge is 0.338 e. The number of phenols is 3. The van der Waals surface area contributed by atoms with Crippen molar-refractivity contribution in [1.82, 2.24) is 44.9 Å². The maximum atomic E-state index is 13.2. The van der Waals surface area contributed by atoms with Crippen molar-refractivity contribution < 1.29 is 70.4 Å². The summed E-state index contributed by atoms with van der Waals surface area (Å²) in [5.74, 6) is -8.37. The molecule has 0 aliphatic heterocycles. The first kappa shape index (κ1) is 50.5. The van der Waals surface area contributed by atoms with Crippen LogP contribution in [0.3, 0.4) is 0 Å². The molecule has 10 aromatic rings. The molecule has 24 heteroatoms. The van der Waals surface area contributed by atoms with Gasteiger partial charge in [0.05, 0.1) is 38.0 Å². The van der Waals surface area contributed by atoms with Gasteiger partial charge in [-0.25, -0.2) is 14.4 Å². The van der Waals surface area contributed by atoms with Gasteiger partial charge in [-0.15, -0.1) is 15.0 Å². The minimum Gasteiger partial charge on any atom is -0.502 e. The van der Waals surface area contributed by atoms with Crippen LogP contribution >= 0.6 is 0 Å². The first-order valence-corrected chi connectivity index (χ1v) is 23.0. The van der Waals surface area contributed by atoms with Crippen LogP contribution in [0.1, 0.15) is 47.8 Å². The minimum absolute atomic E-state index is 0.0473. The second-order valence-corrected chi connectivity index (χ2v) is 16.8. The summed E-state index contributed by atoms with van der Waals surface area (Å²) in [4.78, 5) is 79.5. The molecule has 0 aliphatic carbocycles. The summed E-state index contributed by atoms with van der Waals surface area (Å²) in [6, 6.07) is 27.6. The van der Waals surface area contributed by atoms with Crippen LogP contribution in [0, 0.1) is 20.8 Å². The molecule has 0 aliphatic rings. The van der Waals surface area contributed by atoms with E-state index in [4.69, 9.17) is 40.7 Å². The number of fused-ring (bicyclic) bond motifs is 12. The fourth-order valence-electron chi connectivity index (χ4n) is 7.29. The largest absolute Gasteiger partial charge is 0.502 e. The maximum absolute atomic E-state index is 13.2. The summed E-state index contributed by atoms with van der Waals surface area (Å²) in [6.45, 7) is 5.61. The molecule has 0 unspecified atom stereocenters. The Labute approximate surface area is 436 Å². The fraction of sp³-hybridized carbons (Fsp3) is 0.111. The number of aromatic nitrogens is 9. The van der Waals surface area contributed by atoms with E-state index in [1.54, 1.807) is 72.8 Å². The molecule has 0 spiro atoms. The third-order valence-electron chi connectivity index (χ3n) is 11.3. The van der Waals surface area contributed by atoms with E-state index in [2.05, 4.69) is 44.9 Å². The van der Waals surface area contributed by atoms with Gasteiger partial charge in [0.15, 0.2) is 51.0 Å². The lowest BCUT2D eigenvalue weighted by Gasteiger charge is -2.05. The number of hydrogen-bond donors (Lipinski definition) is 3. The van der Waals surface area contributed by atoms with Crippen LogP contribution in [0.2, 0.25) is 0 Å². The highest BCUT2D eigenvalue weighted by Gasteiger charge is 2.19. The third-order valence-corrected chi connectivity index (χ3v) is 11.3. The Morgan fingerprint density at radius 1 is 0.333 bits per heavy atom. The number of phenolic OH excluding ortho intramolecular Hbond substituents is 3. The van der Waals surface area contributed by atoms with Gasteiger partial charge < -0.3 is 56.0 Å². The molecule has 0 amide bonds. The lowest BCUT2D eigenvalue weighted by molar-refractivity contribution is 0.0592. The fourth-order valence-corrected chi connectivity index (χ4v) is 7.29. The van der Waals surface area contributed by atoms with Crippen LogP contribution < -0.4 is 0 Å². The number of methoxy groups -OCH3 is 3. The highest BCUT2D eigenvalue weighted by molar-refractivity contribution is 5.96. The van der Waals surface area contributed by atoms with Gasteiger partial charge in [0.1, 0.15) is 0 Å². The van der Waals surface area contributed by atoms with Crippen LogP contribution in [-0.2, 0) is 14.2 Å². The van der Waals surface area contributed by atoms with Gasteiger partial charge in [-0.1, -0.05) is 89.5 Å². The summed E-state index contributed by atoms with van der Waals surface area (Å²) in [5, 5.41) is 35.7. The van der Waals surface area contributed by atoms with Crippen molar-refractivity contribution in [2.24, 2.45) is 0 Å². The number of carbonyl (C=O) groups excluding carboxylic acids is 3. The van der Waals surface area contributed by atoms with Crippen LogP contribution in [-0.4, -0.2) is 99.4 Å². The van der Waals surface area contributed by atoms with Crippen molar-refractivity contribution in [3.8, 4) is 51.4 Å². The lowest BCUT2D eigenvalue weighted by atomic mass is 10.1. The molecule has 78 heavy (non-hydrogen) atoms. The second-order valence-electron chi connectivity index (χ2n) is 16.8. The first-order chi connectivity index (χ1) is 37.6. The SMILES string of the molecule is COC(=O)c1cc2oc3nc(-c4ccc(C)cc4)nc(n3)oc3cc(C(=O)OC)cc(oc4nc(-c5ccc(C)cc5)nc(n4)oc4cc(C(=O)OC)cc(oc5nc(-c6ccc(C)cc6)nc(n5)oc(c1)c2O)c4O)c3O. The molecule has 24 nitrogen and oxygen atoms in total. The number of nitrogens with zero attached hydrogens (tertiary/aromatic N) is 9. The standard InChI is InChI=1S/C54H39N9O15/c1-25-7-13-28(14-8-25)43-55-49-61-50(56-43)74-35-20-32(47(68)71-5)22-37(41(35)65)76-52-58-45(30-17-11-27(3)12-18-30)60-54(63-52)78-39-24-33(48(69)72-6)23-38(42(39)66)77-53-59-44(29-15-9-26(2)10-16-29)57-51(62-53)75-36-21-31(46(67)70-4)19-34(73-49)40(36)64/h7-24,64-66H,1-6H3. The van der Waals surface area contributed by atoms with Gasteiger partial charge in [-0.05, 0) is 57.2 Å². The molecule has 0 radical (unpaired) electrons. The molecule has 0 fully saturated rings. The summed E-state index contributed by atoms with van der Waals surface area (Å²) in [7, 11) is 3.37. The number of aromatic hydroxyl groups is 3. The maximum Gasteiger partial charge on any atom is 0.338 e. The minimum atomic E-state index is -0.908. The Morgan fingerprint density at radius 3 is 0.705 bits per heavy atom. The molecule has 390 valence electrons. The summed E-state index contributed by atoms with van der Waals surface area (Å²) in [5.41, 5.74) is 0.411. The van der Waals surface area contributed by atoms with Gasteiger partial charge in [0.25, 0.3) is 0 Å². The normalized spacial score (nSPS) is 11.0. The number of ether oxygens (including phenoxy) is 3. The van der Waals surface area contributed by atoms with E-state index >= 15 is 0 Å². The zero-order valence-electron chi connectivity index (χ0n) is 41.7. The molecule has 3 N–H and O–H groups in total. The van der Waals surface area contributed by atoms with E-state index in [-0.39, 0.29) is 34.2 Å². The summed E-state index contributed by atoms with van der Waals surface area (Å²) >= 11 is 0. The molecule has 0 saturated heterocycles. The topological polar surface area (TPSA) is 334 Å². The highest BCUT2D eigenvalue weighted by atomic mass is 16.5. The molecule has 10 rings (SSSR count). The van der Waals surface area contributed by atoms with Gasteiger partial charge >= 0.3 is 53.0 Å². The molecule has 4 aromatic heterocycles. The summed E-state index contributed by atoms with van der Waals surface area (Å²) < 4.78 is 51.7. The molecular formula is C54H39N9O15. The highest BCUT2D eigenvalue weighted by Crippen LogP contribution is 2.32. The van der Waals surface area contributed by atoms with Crippen LogP contribution in [0.25, 0.3) is 103 Å². The van der Waals surface area contributed by atoms with Crippen LogP contribution in [0.15, 0.2) is 136 Å². The van der Waals surface area contributed by atoms with E-state index in [0.29, 0.717) is 16.7 Å². The van der Waals surface area contributed by atoms with E-state index in [9.17, 15) is 29.7 Å². The number of aryl methyl sites for hydroxylation is 3. The summed E-state index contributed by atoms with van der Waals surface area (Å²) in [6.07, 6.45) is 0. The second kappa shape index (κ2) is 21.1. The lowest BCUT2D eigenvalue weighted by Crippen LogP contribution is -2.01. The monoisotopic (exact) mass is 1050 g/mol. The zero-order chi connectivity index (χ0) is 54.8. The molecule has 12 bridgehead atoms. The first-order valence-electron chi connectivity index (χ1n) is 23.0. The molecular weight excluding hydrogens is 1010 g/mol. The van der Waals surface area contributed by atoms with Crippen molar-refractivity contribution >= 4 is 86.5 Å². The number of benzene rings is 6. The Bertz CT molecular complexity index is 3750. The van der Waals surface area contributed by atoms with Crippen molar-refractivity contribution in [3.63, 3.8) is 0 Å². The van der Waals surface area contributed by atoms with Crippen molar-refractivity contribution in [3.05, 3.63) is 143 Å². The Hall–Kier alpha value is -11.0. The molecule has 6 aromatic carbocycles. The third kappa shape index (κ3) is 10.8. The van der Waals surface area contributed by atoms with Gasteiger partial charge in [-0.3, -0.25) is 0 Å². The van der Waals surface area contributed by atoms with Crippen molar-refractivity contribution in [1.29, 1.82) is 0 Å². The predicted molar refractivity (Wildman–Crippen MR) is 274 cm³/mol. The molecule has 4 heterocycles. The van der Waals surface area contributed by atoms with E-state index in [1.807, 2.05) is 20.8 Å². The van der Waals surface area contributed by atoms with E-state index < -0.39 is 104 Å². The average molecular weight is 1050 g/mol. The van der Waals surface area contributed by atoms with Gasteiger partial charge in [-0.2, -0.15) is 29.9 Å². The quantitative estimate of drug-likeness (QED) is 0.103. The van der Waals surface area contributed by atoms with Gasteiger partial charge in [0, 0.05) is 16.7 Å². The number of rotatable bonds is 6. The Balaban J connectivity index is 1.42. The Morgan fingerprint density at radius 2 is 0.526 bits per heavy atom. The van der Waals surface area contributed by atoms with Crippen LogP contribution in [0.5, 0.6) is 17.2 Å². The zero-order valence-corrected chi connectivity index (χ0v) is 41.7. The Kier molecular flexibility index (Phi) is 13.6. The van der Waals surface area contributed by atoms with Crippen LogP contribution in [0.4, 0.5) is 0 Å².